The number of pyridine rings is 1. The first-order chi connectivity index (χ1) is 11.8. The number of aromatic nitrogens is 1. The van der Waals surface area contributed by atoms with Gasteiger partial charge in [0.15, 0.2) is 0 Å². The molecule has 0 unspecified atom stereocenters. The highest BCUT2D eigenvalue weighted by atomic mass is 16.4. The Morgan fingerprint density at radius 1 is 1.12 bits per heavy atom. The number of carboxylic acid groups (broad SMARTS) is 1. The molecule has 0 radical (unpaired) electrons. The third kappa shape index (κ3) is 3.55. The summed E-state index contributed by atoms with van der Waals surface area (Å²) in [5.41, 5.74) is 3.74. The molecule has 1 N–H and O–H groups in total. The summed E-state index contributed by atoms with van der Waals surface area (Å²) in [4.78, 5) is 29.9. The summed E-state index contributed by atoms with van der Waals surface area (Å²) in [5.74, 6) is -1.07. The van der Waals surface area contributed by atoms with Crippen LogP contribution in [0.3, 0.4) is 0 Å². The molecule has 5 nitrogen and oxygen atoms in total. The van der Waals surface area contributed by atoms with Gasteiger partial charge in [-0.2, -0.15) is 0 Å². The van der Waals surface area contributed by atoms with Crippen molar-refractivity contribution in [2.45, 2.75) is 39.2 Å². The van der Waals surface area contributed by atoms with Crippen LogP contribution in [0.2, 0.25) is 0 Å². The summed E-state index contributed by atoms with van der Waals surface area (Å²) in [5, 5.41) is 9.14. The van der Waals surface area contributed by atoms with Crippen LogP contribution < -0.4 is 0 Å². The van der Waals surface area contributed by atoms with E-state index < -0.39 is 5.97 Å². The van der Waals surface area contributed by atoms with Gasteiger partial charge in [-0.3, -0.25) is 9.78 Å². The second kappa shape index (κ2) is 6.31. The van der Waals surface area contributed by atoms with Gasteiger partial charge in [0.25, 0.3) is 5.91 Å². The Morgan fingerprint density at radius 3 is 2.48 bits per heavy atom. The molecule has 1 amide bonds. The molecule has 0 atom stereocenters. The molecule has 25 heavy (non-hydrogen) atoms. The van der Waals surface area contributed by atoms with E-state index in [1.54, 1.807) is 29.3 Å². The molecule has 2 heterocycles. The van der Waals surface area contributed by atoms with E-state index in [2.05, 4.69) is 25.8 Å². The van der Waals surface area contributed by atoms with Crippen LogP contribution in [0.15, 0.2) is 36.5 Å². The molecule has 0 fully saturated rings. The Morgan fingerprint density at radius 2 is 1.88 bits per heavy atom. The number of benzene rings is 1. The fourth-order valence-corrected chi connectivity index (χ4v) is 2.99. The van der Waals surface area contributed by atoms with Crippen molar-refractivity contribution in [1.29, 1.82) is 0 Å². The summed E-state index contributed by atoms with van der Waals surface area (Å²) in [7, 11) is 0. The molecule has 0 spiro atoms. The Bertz CT molecular complexity index is 820. The van der Waals surface area contributed by atoms with Gasteiger partial charge < -0.3 is 10.0 Å². The molecule has 3 rings (SSSR count). The molecule has 1 aromatic carbocycles. The molecular formula is C20H22N2O3. The van der Waals surface area contributed by atoms with Crippen molar-refractivity contribution in [3.05, 3.63) is 64.5 Å². The molecule has 0 bridgehead atoms. The highest BCUT2D eigenvalue weighted by Crippen LogP contribution is 2.24. The smallest absolute Gasteiger partial charge is 0.335 e. The van der Waals surface area contributed by atoms with Crippen molar-refractivity contribution in [2.24, 2.45) is 0 Å². The number of nitrogens with zero attached hydrogens (tertiary/aromatic N) is 2. The van der Waals surface area contributed by atoms with E-state index in [1.165, 1.54) is 0 Å². The quantitative estimate of drug-likeness (QED) is 0.912. The van der Waals surface area contributed by atoms with E-state index in [-0.39, 0.29) is 16.9 Å². The average molecular weight is 338 g/mol. The van der Waals surface area contributed by atoms with E-state index in [0.29, 0.717) is 18.8 Å². The molecule has 5 heteroatoms. The number of fused-ring (bicyclic) bond motifs is 1. The first-order valence-corrected chi connectivity index (χ1v) is 8.36. The van der Waals surface area contributed by atoms with E-state index >= 15 is 0 Å². The van der Waals surface area contributed by atoms with Crippen molar-refractivity contribution in [3.63, 3.8) is 0 Å². The van der Waals surface area contributed by atoms with Gasteiger partial charge in [0.05, 0.1) is 5.56 Å². The van der Waals surface area contributed by atoms with Crippen LogP contribution in [-0.2, 0) is 18.4 Å². The van der Waals surface area contributed by atoms with Crippen LogP contribution in [0, 0.1) is 0 Å². The van der Waals surface area contributed by atoms with E-state index in [4.69, 9.17) is 5.11 Å². The number of carbonyl (C=O) groups excluding carboxylic acids is 1. The van der Waals surface area contributed by atoms with Gasteiger partial charge in [0, 0.05) is 19.3 Å². The van der Waals surface area contributed by atoms with Crippen LogP contribution in [0.1, 0.15) is 58.3 Å². The second-order valence-corrected chi connectivity index (χ2v) is 7.45. The van der Waals surface area contributed by atoms with Crippen molar-refractivity contribution in [3.8, 4) is 0 Å². The third-order valence-electron chi connectivity index (χ3n) is 4.60. The summed E-state index contributed by atoms with van der Waals surface area (Å²) in [6, 6.07) is 8.84. The van der Waals surface area contributed by atoms with Crippen molar-refractivity contribution >= 4 is 11.9 Å². The van der Waals surface area contributed by atoms with Gasteiger partial charge in [-0.05, 0) is 46.7 Å². The lowest BCUT2D eigenvalue weighted by atomic mass is 9.88. The van der Waals surface area contributed by atoms with E-state index in [1.807, 2.05) is 12.1 Å². The standard InChI is InChI=1S/C20H22N2O3/c1-20(2,3)16-6-7-17(21-11-16)18(23)22-9-8-13-4-5-14(19(24)25)10-15(13)12-22/h4-7,10-11H,8-9,12H2,1-3H3,(H,24,25). The summed E-state index contributed by atoms with van der Waals surface area (Å²) in [6.45, 7) is 7.34. The molecule has 1 aliphatic heterocycles. The molecular weight excluding hydrogens is 316 g/mol. The zero-order chi connectivity index (χ0) is 18.2. The zero-order valence-corrected chi connectivity index (χ0v) is 14.7. The van der Waals surface area contributed by atoms with Crippen LogP contribution in [-0.4, -0.2) is 33.4 Å². The lowest BCUT2D eigenvalue weighted by Gasteiger charge is -2.29. The number of carbonyl (C=O) groups is 2. The van der Waals surface area contributed by atoms with E-state index in [0.717, 1.165) is 23.1 Å². The van der Waals surface area contributed by atoms with Gasteiger partial charge in [-0.25, -0.2) is 4.79 Å². The topological polar surface area (TPSA) is 70.5 Å². The monoisotopic (exact) mass is 338 g/mol. The molecule has 1 aromatic heterocycles. The maximum atomic E-state index is 12.7. The Kier molecular flexibility index (Phi) is 4.33. The SMILES string of the molecule is CC(C)(C)c1ccc(C(=O)N2CCc3ccc(C(=O)O)cc3C2)nc1. The minimum absolute atomic E-state index is 0.00806. The fourth-order valence-electron chi connectivity index (χ4n) is 2.99. The Labute approximate surface area is 147 Å². The molecule has 1 aliphatic rings. The van der Waals surface area contributed by atoms with Gasteiger partial charge in [0.1, 0.15) is 5.69 Å². The number of rotatable bonds is 2. The average Bonchev–Trinajstić information content (AvgIpc) is 2.59. The van der Waals surface area contributed by atoms with Gasteiger partial charge in [0.2, 0.25) is 0 Å². The number of hydrogen-bond donors (Lipinski definition) is 1. The first-order valence-electron chi connectivity index (χ1n) is 8.36. The van der Waals surface area contributed by atoms with Crippen LogP contribution in [0.4, 0.5) is 0 Å². The maximum Gasteiger partial charge on any atom is 0.335 e. The highest BCUT2D eigenvalue weighted by molar-refractivity contribution is 5.92. The molecule has 130 valence electrons. The van der Waals surface area contributed by atoms with Crippen LogP contribution >= 0.6 is 0 Å². The lowest BCUT2D eigenvalue weighted by Crippen LogP contribution is -2.36. The summed E-state index contributed by atoms with van der Waals surface area (Å²) < 4.78 is 0. The minimum atomic E-state index is -0.953. The Hall–Kier alpha value is -2.69. The largest absolute Gasteiger partial charge is 0.478 e. The second-order valence-electron chi connectivity index (χ2n) is 7.45. The molecule has 0 aliphatic carbocycles. The maximum absolute atomic E-state index is 12.7. The van der Waals surface area contributed by atoms with E-state index in [9.17, 15) is 9.59 Å². The normalized spacial score (nSPS) is 14.1. The molecule has 2 aromatic rings. The zero-order valence-electron chi connectivity index (χ0n) is 14.7. The number of amides is 1. The third-order valence-corrected chi connectivity index (χ3v) is 4.60. The van der Waals surface area contributed by atoms with Crippen molar-refractivity contribution in [1.82, 2.24) is 9.88 Å². The number of hydrogen-bond acceptors (Lipinski definition) is 3. The van der Waals surface area contributed by atoms with Crippen molar-refractivity contribution < 1.29 is 14.7 Å². The van der Waals surface area contributed by atoms with Gasteiger partial charge >= 0.3 is 5.97 Å². The van der Waals surface area contributed by atoms with Gasteiger partial charge in [-0.15, -0.1) is 0 Å². The predicted octanol–water partition coefficient (Wildman–Crippen LogP) is 3.28. The first kappa shape index (κ1) is 17.1. The number of aromatic carboxylic acids is 1. The molecule has 0 saturated carbocycles. The van der Waals surface area contributed by atoms with Crippen LogP contribution in [0.5, 0.6) is 0 Å². The summed E-state index contributed by atoms with van der Waals surface area (Å²) in [6.07, 6.45) is 2.48. The van der Waals surface area contributed by atoms with Gasteiger partial charge in [-0.1, -0.05) is 32.9 Å². The molecule has 0 saturated heterocycles. The van der Waals surface area contributed by atoms with Crippen LogP contribution in [0.25, 0.3) is 0 Å². The lowest BCUT2D eigenvalue weighted by molar-refractivity contribution is 0.0696. The van der Waals surface area contributed by atoms with Crippen molar-refractivity contribution in [2.75, 3.05) is 6.54 Å². The predicted molar refractivity (Wildman–Crippen MR) is 94.8 cm³/mol. The number of carboxylic acids is 1. The highest BCUT2D eigenvalue weighted by Gasteiger charge is 2.24. The minimum Gasteiger partial charge on any atom is -0.478 e. The summed E-state index contributed by atoms with van der Waals surface area (Å²) >= 11 is 0. The Balaban J connectivity index is 1.80. The fraction of sp³-hybridized carbons (Fsp3) is 0.350.